The Morgan fingerprint density at radius 3 is 2.80 bits per heavy atom. The van der Waals surface area contributed by atoms with Gasteiger partial charge in [0.15, 0.2) is 5.82 Å². The smallest absolute Gasteiger partial charge is 0.226 e. The van der Waals surface area contributed by atoms with Gasteiger partial charge >= 0.3 is 0 Å². The molecule has 0 N–H and O–H groups in total. The second-order valence-electron chi connectivity index (χ2n) is 5.09. The third-order valence-electron chi connectivity index (χ3n) is 3.55. The summed E-state index contributed by atoms with van der Waals surface area (Å²) in [4.78, 5) is 4.42. The Morgan fingerprint density at radius 2 is 2.05 bits per heavy atom. The average Bonchev–Trinajstić information content (AvgIpc) is 3.11. The van der Waals surface area contributed by atoms with Crippen molar-refractivity contribution >= 4 is 0 Å². The van der Waals surface area contributed by atoms with Gasteiger partial charge in [-0.2, -0.15) is 4.98 Å². The lowest BCUT2D eigenvalue weighted by atomic mass is 10.1. The zero-order valence-electron chi connectivity index (χ0n) is 11.2. The highest BCUT2D eigenvalue weighted by molar-refractivity contribution is 5.16. The van der Waals surface area contributed by atoms with Crippen molar-refractivity contribution in [2.24, 2.45) is 0 Å². The van der Waals surface area contributed by atoms with Crippen LogP contribution in [0.2, 0.25) is 0 Å². The fourth-order valence-electron chi connectivity index (χ4n) is 2.37. The van der Waals surface area contributed by atoms with Crippen molar-refractivity contribution in [3.05, 3.63) is 47.4 Å². The van der Waals surface area contributed by atoms with Crippen LogP contribution in [0.15, 0.2) is 28.8 Å². The lowest BCUT2D eigenvalue weighted by molar-refractivity contribution is 0.192. The molecule has 0 aliphatic carbocycles. The number of hydrogen-bond acceptors (Lipinski definition) is 4. The van der Waals surface area contributed by atoms with Crippen LogP contribution in [0.4, 0.5) is 4.39 Å². The summed E-state index contributed by atoms with van der Waals surface area (Å²) in [6, 6.07) is 6.59. The van der Waals surface area contributed by atoms with E-state index in [0.29, 0.717) is 12.5 Å². The first-order valence-corrected chi connectivity index (χ1v) is 6.96. The van der Waals surface area contributed by atoms with Crippen LogP contribution in [0.25, 0.3) is 0 Å². The molecule has 20 heavy (non-hydrogen) atoms. The molecule has 2 heterocycles. The Balaban J connectivity index is 1.49. The molecule has 0 unspecified atom stereocenters. The highest BCUT2D eigenvalue weighted by Gasteiger charge is 2.22. The standard InChI is InChI=1S/C15H17FN2O2/c16-13-6-4-11(5-7-13)2-1-3-14-17-15(18-20-14)12-8-9-19-10-12/h4-7,12H,1-3,8-10H2/t12-/m0/s1. The molecule has 1 aromatic heterocycles. The molecule has 5 heteroatoms. The molecule has 1 fully saturated rings. The fourth-order valence-corrected chi connectivity index (χ4v) is 2.37. The summed E-state index contributed by atoms with van der Waals surface area (Å²) in [6.45, 7) is 1.47. The molecule has 1 aliphatic heterocycles. The van der Waals surface area contributed by atoms with Gasteiger partial charge < -0.3 is 9.26 Å². The Labute approximate surface area is 117 Å². The number of ether oxygens (including phenoxy) is 1. The van der Waals surface area contributed by atoms with Crippen LogP contribution in [0.3, 0.4) is 0 Å². The highest BCUT2D eigenvalue weighted by atomic mass is 19.1. The zero-order chi connectivity index (χ0) is 13.8. The Kier molecular flexibility index (Phi) is 4.06. The van der Waals surface area contributed by atoms with Crippen LogP contribution in [0.1, 0.15) is 36.0 Å². The number of nitrogens with zero attached hydrogens (tertiary/aromatic N) is 2. The Morgan fingerprint density at radius 1 is 1.20 bits per heavy atom. The first-order chi connectivity index (χ1) is 9.81. The lowest BCUT2D eigenvalue weighted by Gasteiger charge is -1.99. The van der Waals surface area contributed by atoms with E-state index in [0.717, 1.165) is 43.7 Å². The minimum Gasteiger partial charge on any atom is -0.381 e. The van der Waals surface area contributed by atoms with E-state index in [1.165, 1.54) is 12.1 Å². The molecule has 0 radical (unpaired) electrons. The van der Waals surface area contributed by atoms with Crippen molar-refractivity contribution in [2.45, 2.75) is 31.6 Å². The number of rotatable bonds is 5. The van der Waals surface area contributed by atoms with Gasteiger partial charge in [0.1, 0.15) is 5.82 Å². The van der Waals surface area contributed by atoms with Gasteiger partial charge in [0, 0.05) is 18.9 Å². The molecule has 1 saturated heterocycles. The molecule has 0 bridgehead atoms. The Bertz CT molecular complexity index is 547. The maximum Gasteiger partial charge on any atom is 0.226 e. The second kappa shape index (κ2) is 6.13. The molecular formula is C15H17FN2O2. The largest absolute Gasteiger partial charge is 0.381 e. The number of halogens is 1. The van der Waals surface area contributed by atoms with Crippen molar-refractivity contribution in [3.63, 3.8) is 0 Å². The molecular weight excluding hydrogens is 259 g/mol. The molecule has 2 aromatic rings. The van der Waals surface area contributed by atoms with E-state index in [1.54, 1.807) is 0 Å². The van der Waals surface area contributed by atoms with E-state index >= 15 is 0 Å². The summed E-state index contributed by atoms with van der Waals surface area (Å²) < 4.78 is 23.4. The summed E-state index contributed by atoms with van der Waals surface area (Å²) in [7, 11) is 0. The number of aryl methyl sites for hydroxylation is 2. The molecule has 1 atom stereocenters. The summed E-state index contributed by atoms with van der Waals surface area (Å²) in [5.74, 6) is 1.52. The van der Waals surface area contributed by atoms with Crippen molar-refractivity contribution in [2.75, 3.05) is 13.2 Å². The van der Waals surface area contributed by atoms with Gasteiger partial charge in [-0.3, -0.25) is 0 Å². The van der Waals surface area contributed by atoms with Gasteiger partial charge in [-0.25, -0.2) is 4.39 Å². The molecule has 4 nitrogen and oxygen atoms in total. The molecule has 0 spiro atoms. The second-order valence-corrected chi connectivity index (χ2v) is 5.09. The van der Waals surface area contributed by atoms with E-state index in [1.807, 2.05) is 12.1 Å². The SMILES string of the molecule is Fc1ccc(CCCc2nc([C@H]3CCOC3)no2)cc1. The summed E-state index contributed by atoms with van der Waals surface area (Å²) in [5.41, 5.74) is 1.12. The summed E-state index contributed by atoms with van der Waals surface area (Å²) in [5, 5.41) is 4.02. The van der Waals surface area contributed by atoms with Gasteiger partial charge in [0.05, 0.1) is 6.61 Å². The van der Waals surface area contributed by atoms with Crippen molar-refractivity contribution in [1.82, 2.24) is 10.1 Å². The van der Waals surface area contributed by atoms with Gasteiger partial charge in [-0.05, 0) is 37.0 Å². The Hall–Kier alpha value is -1.75. The number of hydrogen-bond donors (Lipinski definition) is 0. The van der Waals surface area contributed by atoms with E-state index in [4.69, 9.17) is 9.26 Å². The first-order valence-electron chi connectivity index (χ1n) is 6.96. The van der Waals surface area contributed by atoms with E-state index in [2.05, 4.69) is 10.1 Å². The van der Waals surface area contributed by atoms with E-state index in [-0.39, 0.29) is 11.7 Å². The van der Waals surface area contributed by atoms with Crippen LogP contribution in [-0.4, -0.2) is 23.4 Å². The molecule has 1 aromatic carbocycles. The van der Waals surface area contributed by atoms with Gasteiger partial charge in [-0.15, -0.1) is 0 Å². The van der Waals surface area contributed by atoms with Crippen LogP contribution in [0.5, 0.6) is 0 Å². The minimum atomic E-state index is -0.200. The highest BCUT2D eigenvalue weighted by Crippen LogP contribution is 2.22. The van der Waals surface area contributed by atoms with Crippen LogP contribution in [0, 0.1) is 5.82 Å². The number of benzene rings is 1. The molecule has 0 amide bonds. The van der Waals surface area contributed by atoms with Crippen LogP contribution >= 0.6 is 0 Å². The molecule has 0 saturated carbocycles. The topological polar surface area (TPSA) is 48.2 Å². The first kappa shape index (κ1) is 13.2. The van der Waals surface area contributed by atoms with E-state index in [9.17, 15) is 4.39 Å². The molecule has 106 valence electrons. The van der Waals surface area contributed by atoms with Gasteiger partial charge in [0.25, 0.3) is 0 Å². The monoisotopic (exact) mass is 276 g/mol. The summed E-state index contributed by atoms with van der Waals surface area (Å²) >= 11 is 0. The quantitative estimate of drug-likeness (QED) is 0.842. The van der Waals surface area contributed by atoms with E-state index < -0.39 is 0 Å². The average molecular weight is 276 g/mol. The predicted molar refractivity (Wildman–Crippen MR) is 70.9 cm³/mol. The van der Waals surface area contributed by atoms with Crippen LogP contribution in [-0.2, 0) is 17.6 Å². The van der Waals surface area contributed by atoms with Crippen molar-refractivity contribution < 1.29 is 13.7 Å². The van der Waals surface area contributed by atoms with Crippen molar-refractivity contribution in [3.8, 4) is 0 Å². The molecule has 1 aliphatic rings. The van der Waals surface area contributed by atoms with Gasteiger partial charge in [-0.1, -0.05) is 17.3 Å². The van der Waals surface area contributed by atoms with Gasteiger partial charge in [0.2, 0.25) is 5.89 Å². The zero-order valence-corrected chi connectivity index (χ0v) is 11.2. The number of aromatic nitrogens is 2. The third-order valence-corrected chi connectivity index (χ3v) is 3.55. The normalized spacial score (nSPS) is 18.6. The van der Waals surface area contributed by atoms with Crippen LogP contribution < -0.4 is 0 Å². The fraction of sp³-hybridized carbons (Fsp3) is 0.467. The maximum atomic E-state index is 12.8. The van der Waals surface area contributed by atoms with Crippen molar-refractivity contribution in [1.29, 1.82) is 0 Å². The summed E-state index contributed by atoms with van der Waals surface area (Å²) in [6.07, 6.45) is 3.51. The molecule has 3 rings (SSSR count). The third kappa shape index (κ3) is 3.22. The maximum absolute atomic E-state index is 12.8. The lowest BCUT2D eigenvalue weighted by Crippen LogP contribution is -2.00. The predicted octanol–water partition coefficient (Wildman–Crippen LogP) is 2.89. The minimum absolute atomic E-state index is 0.200.